The van der Waals surface area contributed by atoms with E-state index in [4.69, 9.17) is 15.9 Å². The molecule has 4 nitrogen and oxygen atoms in total. The number of rotatable bonds is 3. The summed E-state index contributed by atoms with van der Waals surface area (Å²) in [7, 11) is 0. The lowest BCUT2D eigenvalue weighted by atomic mass is 10.1. The topological polar surface area (TPSA) is 83.5 Å². The van der Waals surface area contributed by atoms with Gasteiger partial charge in [-0.1, -0.05) is 0 Å². The lowest BCUT2D eigenvalue weighted by Gasteiger charge is -2.06. The second-order valence-corrected chi connectivity index (χ2v) is 2.07. The minimum atomic E-state index is -1.31. The number of aliphatic hydroxyl groups is 1. The first kappa shape index (κ1) is 8.39. The fraction of sp³-hybridized carbons (Fsp3) is 0.800. The van der Waals surface area contributed by atoms with Crippen LogP contribution < -0.4 is 5.73 Å². The second kappa shape index (κ2) is 3.42. The van der Waals surface area contributed by atoms with Gasteiger partial charge in [0.25, 0.3) is 0 Å². The molecule has 0 aromatic heterocycles. The molecule has 4 N–H and O–H groups in total. The zero-order valence-corrected chi connectivity index (χ0v) is 5.24. The van der Waals surface area contributed by atoms with Crippen molar-refractivity contribution in [2.24, 2.45) is 5.73 Å². The fourth-order valence-electron chi connectivity index (χ4n) is 0.453. The van der Waals surface area contributed by atoms with E-state index in [-0.39, 0.29) is 12.5 Å². The largest absolute Gasteiger partial charge is 0.479 e. The Balaban J connectivity index is 3.50. The van der Waals surface area contributed by atoms with Crippen molar-refractivity contribution in [3.05, 3.63) is 0 Å². The van der Waals surface area contributed by atoms with Crippen LogP contribution >= 0.6 is 0 Å². The monoisotopic (exact) mass is 133 g/mol. The van der Waals surface area contributed by atoms with Crippen LogP contribution in [0.3, 0.4) is 0 Å². The lowest BCUT2D eigenvalue weighted by Crippen LogP contribution is -2.28. The minimum Gasteiger partial charge on any atom is -0.479 e. The molecule has 0 saturated heterocycles. The van der Waals surface area contributed by atoms with Gasteiger partial charge in [-0.2, -0.15) is 0 Å². The fourth-order valence-corrected chi connectivity index (χ4v) is 0.453. The normalized spacial score (nSPS) is 16.8. The molecule has 0 amide bonds. The lowest BCUT2D eigenvalue weighted by molar-refractivity contribution is -0.147. The van der Waals surface area contributed by atoms with E-state index in [1.807, 2.05) is 0 Å². The van der Waals surface area contributed by atoms with Gasteiger partial charge in [0.2, 0.25) is 0 Å². The molecular formula is C5H11NO3. The van der Waals surface area contributed by atoms with Crippen LogP contribution in [0.4, 0.5) is 0 Å². The van der Waals surface area contributed by atoms with Gasteiger partial charge in [-0.3, -0.25) is 0 Å². The van der Waals surface area contributed by atoms with E-state index in [1.54, 1.807) is 6.92 Å². The van der Waals surface area contributed by atoms with E-state index in [0.717, 1.165) is 0 Å². The standard InChI is InChI=1S/C5H11NO3/c1-3(6)2-4(7)5(8)9/h3-4,7H,2,6H2,1H3,(H,8,9). The van der Waals surface area contributed by atoms with E-state index in [1.165, 1.54) is 0 Å². The van der Waals surface area contributed by atoms with Gasteiger partial charge in [0, 0.05) is 6.04 Å². The molecule has 4 heteroatoms. The number of aliphatic carboxylic acids is 1. The van der Waals surface area contributed by atoms with Gasteiger partial charge in [0.1, 0.15) is 0 Å². The van der Waals surface area contributed by atoms with E-state index in [0.29, 0.717) is 0 Å². The van der Waals surface area contributed by atoms with Crippen LogP contribution in [0, 0.1) is 0 Å². The van der Waals surface area contributed by atoms with Crippen molar-refractivity contribution in [2.75, 3.05) is 0 Å². The molecule has 0 aromatic rings. The number of nitrogens with two attached hydrogens (primary N) is 1. The van der Waals surface area contributed by atoms with Crippen molar-refractivity contribution < 1.29 is 15.0 Å². The molecule has 0 aliphatic rings. The molecular weight excluding hydrogens is 122 g/mol. The van der Waals surface area contributed by atoms with Crippen molar-refractivity contribution >= 4 is 5.97 Å². The summed E-state index contributed by atoms with van der Waals surface area (Å²) in [6.45, 7) is 1.64. The second-order valence-electron chi connectivity index (χ2n) is 2.07. The smallest absolute Gasteiger partial charge is 0.332 e. The predicted octanol–water partition coefficient (Wildman–Crippen LogP) is -0.831. The Hall–Kier alpha value is -0.610. The van der Waals surface area contributed by atoms with Gasteiger partial charge in [-0.15, -0.1) is 0 Å². The van der Waals surface area contributed by atoms with Gasteiger partial charge < -0.3 is 15.9 Å². The molecule has 0 aliphatic heterocycles. The Morgan fingerprint density at radius 2 is 2.22 bits per heavy atom. The zero-order chi connectivity index (χ0) is 7.44. The summed E-state index contributed by atoms with van der Waals surface area (Å²) in [5.74, 6) is -1.22. The van der Waals surface area contributed by atoms with Crippen LogP contribution in [0.5, 0.6) is 0 Å². The van der Waals surface area contributed by atoms with Crippen LogP contribution in [-0.4, -0.2) is 28.3 Å². The van der Waals surface area contributed by atoms with E-state index < -0.39 is 12.1 Å². The molecule has 0 aliphatic carbocycles. The Bertz CT molecular complexity index is 102. The highest BCUT2D eigenvalue weighted by molar-refractivity contribution is 5.71. The Kier molecular flexibility index (Phi) is 3.19. The molecule has 0 fully saturated rings. The quantitative estimate of drug-likeness (QED) is 0.469. The van der Waals surface area contributed by atoms with Crippen molar-refractivity contribution in [1.29, 1.82) is 0 Å². The summed E-state index contributed by atoms with van der Waals surface area (Å²) < 4.78 is 0. The summed E-state index contributed by atoms with van der Waals surface area (Å²) in [6, 6.07) is -0.268. The number of carboxylic acid groups (broad SMARTS) is 1. The van der Waals surface area contributed by atoms with E-state index in [9.17, 15) is 4.79 Å². The van der Waals surface area contributed by atoms with Crippen molar-refractivity contribution in [3.63, 3.8) is 0 Å². The first-order valence-corrected chi connectivity index (χ1v) is 2.70. The van der Waals surface area contributed by atoms with Crippen LogP contribution in [0.25, 0.3) is 0 Å². The molecule has 0 rings (SSSR count). The summed E-state index contributed by atoms with van der Waals surface area (Å²) in [4.78, 5) is 9.93. The van der Waals surface area contributed by atoms with E-state index in [2.05, 4.69) is 0 Å². The third-order valence-corrected chi connectivity index (χ3v) is 0.880. The molecule has 9 heavy (non-hydrogen) atoms. The average Bonchev–Trinajstić information content (AvgIpc) is 1.63. The number of hydrogen-bond donors (Lipinski definition) is 3. The first-order chi connectivity index (χ1) is 4.04. The first-order valence-electron chi connectivity index (χ1n) is 2.70. The van der Waals surface area contributed by atoms with Gasteiger partial charge in [0.05, 0.1) is 0 Å². The Morgan fingerprint density at radius 3 is 2.33 bits per heavy atom. The Morgan fingerprint density at radius 1 is 1.78 bits per heavy atom. The zero-order valence-electron chi connectivity index (χ0n) is 5.24. The summed E-state index contributed by atoms with van der Waals surface area (Å²) >= 11 is 0. The van der Waals surface area contributed by atoms with Crippen LogP contribution in [0.1, 0.15) is 13.3 Å². The van der Waals surface area contributed by atoms with Crippen molar-refractivity contribution in [3.8, 4) is 0 Å². The maximum Gasteiger partial charge on any atom is 0.332 e. The van der Waals surface area contributed by atoms with Crippen LogP contribution in [-0.2, 0) is 4.79 Å². The molecule has 54 valence electrons. The number of aliphatic hydroxyl groups excluding tert-OH is 1. The molecule has 0 spiro atoms. The van der Waals surface area contributed by atoms with Crippen molar-refractivity contribution in [1.82, 2.24) is 0 Å². The Labute approximate surface area is 53.3 Å². The minimum absolute atomic E-state index is 0.106. The molecule has 2 atom stereocenters. The maximum atomic E-state index is 9.93. The van der Waals surface area contributed by atoms with Gasteiger partial charge in [-0.25, -0.2) is 4.79 Å². The van der Waals surface area contributed by atoms with Gasteiger partial charge >= 0.3 is 5.97 Å². The maximum absolute atomic E-state index is 9.93. The molecule has 0 heterocycles. The summed E-state index contributed by atoms with van der Waals surface area (Å²) in [5.41, 5.74) is 5.21. The highest BCUT2D eigenvalue weighted by Gasteiger charge is 2.13. The molecule has 0 radical (unpaired) electrons. The summed E-state index contributed by atoms with van der Waals surface area (Å²) in [6.07, 6.45) is -1.21. The van der Waals surface area contributed by atoms with E-state index >= 15 is 0 Å². The van der Waals surface area contributed by atoms with Crippen LogP contribution in [0.2, 0.25) is 0 Å². The van der Waals surface area contributed by atoms with Crippen molar-refractivity contribution in [2.45, 2.75) is 25.5 Å². The van der Waals surface area contributed by atoms with Gasteiger partial charge in [-0.05, 0) is 13.3 Å². The number of hydrogen-bond acceptors (Lipinski definition) is 3. The molecule has 0 aromatic carbocycles. The highest BCUT2D eigenvalue weighted by Crippen LogP contribution is 1.93. The molecule has 2 unspecified atom stereocenters. The number of carbonyl (C=O) groups is 1. The molecule has 0 bridgehead atoms. The third kappa shape index (κ3) is 3.93. The number of carboxylic acids is 1. The predicted molar refractivity (Wildman–Crippen MR) is 31.9 cm³/mol. The third-order valence-electron chi connectivity index (χ3n) is 0.880. The molecule has 0 saturated carbocycles. The average molecular weight is 133 g/mol. The SMILES string of the molecule is CC(N)CC(O)C(=O)O. The van der Waals surface area contributed by atoms with Crippen LogP contribution in [0.15, 0.2) is 0 Å². The highest BCUT2D eigenvalue weighted by atomic mass is 16.4. The van der Waals surface area contributed by atoms with Gasteiger partial charge in [0.15, 0.2) is 6.10 Å². The summed E-state index contributed by atoms with van der Waals surface area (Å²) in [5, 5.41) is 16.7.